The van der Waals surface area contributed by atoms with Gasteiger partial charge in [-0.1, -0.05) is 0 Å². The van der Waals surface area contributed by atoms with Gasteiger partial charge in [0.1, 0.15) is 17.2 Å². The minimum atomic E-state index is -2.43. The Bertz CT molecular complexity index is 440. The minimum absolute atomic E-state index is 0. The lowest BCUT2D eigenvalue weighted by Crippen LogP contribution is -2.35. The summed E-state index contributed by atoms with van der Waals surface area (Å²) in [5.74, 6) is -1.39. The topological polar surface area (TPSA) is 12.5 Å². The number of nitrogens with zero attached hydrogens (tertiary/aromatic N) is 1. The van der Waals surface area contributed by atoms with Crippen molar-refractivity contribution in [2.75, 3.05) is 26.7 Å². The molecule has 2 nitrogen and oxygen atoms in total. The third kappa shape index (κ3) is 3.62. The molecule has 0 saturated carbocycles. The molecule has 0 amide bonds. The summed E-state index contributed by atoms with van der Waals surface area (Å²) in [6.45, 7) is 0.260. The van der Waals surface area contributed by atoms with Crippen LogP contribution in [0.1, 0.15) is 12.0 Å². The maximum absolute atomic E-state index is 13.3. The quantitative estimate of drug-likeness (QED) is 0.792. The van der Waals surface area contributed by atoms with Crippen LogP contribution >= 0.6 is 12.4 Å². The largest absolute Gasteiger partial charge is 0.372 e. The third-order valence-corrected chi connectivity index (χ3v) is 3.49. The van der Waals surface area contributed by atoms with Crippen LogP contribution in [0.5, 0.6) is 0 Å². The van der Waals surface area contributed by atoms with Crippen molar-refractivity contribution >= 4 is 12.4 Å². The number of hydrogen-bond acceptors (Lipinski definition) is 2. The van der Waals surface area contributed by atoms with Crippen LogP contribution in [0.2, 0.25) is 0 Å². The molecule has 0 aliphatic carbocycles. The Morgan fingerprint density at radius 3 is 2.35 bits per heavy atom. The number of rotatable bonds is 4. The van der Waals surface area contributed by atoms with Crippen LogP contribution in [-0.4, -0.2) is 38.1 Å². The van der Waals surface area contributed by atoms with E-state index >= 15 is 0 Å². The van der Waals surface area contributed by atoms with Crippen molar-refractivity contribution in [1.29, 1.82) is 0 Å². The van der Waals surface area contributed by atoms with Gasteiger partial charge >= 0.3 is 0 Å². The molecule has 20 heavy (non-hydrogen) atoms. The van der Waals surface area contributed by atoms with Gasteiger partial charge in [0.15, 0.2) is 0 Å². The van der Waals surface area contributed by atoms with Crippen LogP contribution in [0.4, 0.5) is 17.6 Å². The zero-order valence-corrected chi connectivity index (χ0v) is 11.7. The fourth-order valence-corrected chi connectivity index (χ4v) is 2.55. The maximum atomic E-state index is 13.3. The number of halogens is 5. The van der Waals surface area contributed by atoms with Crippen molar-refractivity contribution in [1.82, 2.24) is 4.90 Å². The molecule has 1 aliphatic rings. The Balaban J connectivity index is 0.00000200. The normalized spacial score (nSPS) is 23.1. The van der Waals surface area contributed by atoms with E-state index in [9.17, 15) is 17.6 Å². The second-order valence-electron chi connectivity index (χ2n) is 4.73. The fraction of sp³-hybridized carbons (Fsp3) is 0.538. The first-order chi connectivity index (χ1) is 8.95. The van der Waals surface area contributed by atoms with Gasteiger partial charge in [0.05, 0.1) is 6.54 Å². The second kappa shape index (κ2) is 6.74. The van der Waals surface area contributed by atoms with Gasteiger partial charge in [-0.3, -0.25) is 4.90 Å². The average molecular weight is 314 g/mol. The molecule has 1 heterocycles. The molecule has 1 aromatic carbocycles. The molecular weight excluding hydrogens is 298 g/mol. The summed E-state index contributed by atoms with van der Waals surface area (Å²) < 4.78 is 56.7. The number of benzene rings is 1. The van der Waals surface area contributed by atoms with Crippen molar-refractivity contribution in [2.24, 2.45) is 0 Å². The molecule has 0 radical (unpaired) electrons. The van der Waals surface area contributed by atoms with E-state index in [0.717, 1.165) is 6.07 Å². The van der Waals surface area contributed by atoms with E-state index in [2.05, 4.69) is 0 Å². The minimum Gasteiger partial charge on any atom is -0.372 e. The average Bonchev–Trinajstić information content (AvgIpc) is 2.71. The summed E-state index contributed by atoms with van der Waals surface area (Å²) in [5.41, 5.74) is -0.568. The van der Waals surface area contributed by atoms with Crippen LogP contribution in [0.3, 0.4) is 0 Å². The molecule has 0 N–H and O–H groups in total. The molecule has 114 valence electrons. The van der Waals surface area contributed by atoms with E-state index in [1.54, 1.807) is 0 Å². The molecular formula is C13H16ClF4NO. The van der Waals surface area contributed by atoms with E-state index < -0.39 is 23.7 Å². The van der Waals surface area contributed by atoms with Crippen molar-refractivity contribution in [3.05, 3.63) is 35.4 Å². The molecule has 0 spiro atoms. The highest BCUT2D eigenvalue weighted by Gasteiger charge is 2.41. The van der Waals surface area contributed by atoms with Crippen LogP contribution < -0.4 is 0 Å². The highest BCUT2D eigenvalue weighted by atomic mass is 35.5. The molecule has 1 atom stereocenters. The van der Waals surface area contributed by atoms with Gasteiger partial charge in [-0.2, -0.15) is 0 Å². The van der Waals surface area contributed by atoms with Crippen LogP contribution in [-0.2, 0) is 10.3 Å². The highest BCUT2D eigenvalue weighted by Crippen LogP contribution is 2.36. The zero-order valence-electron chi connectivity index (χ0n) is 10.9. The van der Waals surface area contributed by atoms with Gasteiger partial charge in [-0.05, 0) is 24.1 Å². The highest BCUT2D eigenvalue weighted by molar-refractivity contribution is 5.85. The van der Waals surface area contributed by atoms with E-state index in [-0.39, 0.29) is 25.5 Å². The number of alkyl halides is 2. The SMILES string of the molecule is COC1(c2cc(F)cc(F)c2)CCN(CC(F)F)C1.Cl. The molecule has 0 aromatic heterocycles. The summed E-state index contributed by atoms with van der Waals surface area (Å²) in [7, 11) is 1.43. The maximum Gasteiger partial charge on any atom is 0.251 e. The molecule has 1 unspecified atom stereocenters. The van der Waals surface area contributed by atoms with Gasteiger partial charge in [0.2, 0.25) is 0 Å². The first-order valence-electron chi connectivity index (χ1n) is 5.97. The third-order valence-electron chi connectivity index (χ3n) is 3.49. The van der Waals surface area contributed by atoms with Crippen molar-refractivity contribution in [2.45, 2.75) is 18.4 Å². The second-order valence-corrected chi connectivity index (χ2v) is 4.73. The van der Waals surface area contributed by atoms with Gasteiger partial charge in [0, 0.05) is 26.3 Å². The fourth-order valence-electron chi connectivity index (χ4n) is 2.55. The van der Waals surface area contributed by atoms with Gasteiger partial charge < -0.3 is 4.74 Å². The first-order valence-corrected chi connectivity index (χ1v) is 5.97. The predicted molar refractivity (Wildman–Crippen MR) is 69.4 cm³/mol. The van der Waals surface area contributed by atoms with E-state index in [1.165, 1.54) is 24.1 Å². The monoisotopic (exact) mass is 313 g/mol. The van der Waals surface area contributed by atoms with Gasteiger partial charge in [-0.15, -0.1) is 12.4 Å². The van der Waals surface area contributed by atoms with E-state index in [4.69, 9.17) is 4.74 Å². The smallest absolute Gasteiger partial charge is 0.251 e. The molecule has 0 bridgehead atoms. The Labute approximate surface area is 121 Å². The van der Waals surface area contributed by atoms with Gasteiger partial charge in [0.25, 0.3) is 6.43 Å². The van der Waals surface area contributed by atoms with Crippen LogP contribution in [0.25, 0.3) is 0 Å². The Kier molecular flexibility index (Phi) is 5.79. The number of ether oxygens (including phenoxy) is 1. The zero-order chi connectivity index (χ0) is 14.0. The molecule has 7 heteroatoms. The standard InChI is InChI=1S/C13H15F4NO.ClH/c1-19-13(2-3-18(8-13)7-12(16)17)9-4-10(14)6-11(15)5-9;/h4-6,12H,2-3,7-8H2,1H3;1H. The van der Waals surface area contributed by atoms with Crippen molar-refractivity contribution in [3.8, 4) is 0 Å². The van der Waals surface area contributed by atoms with E-state index in [0.29, 0.717) is 18.5 Å². The summed E-state index contributed by atoms with van der Waals surface area (Å²) in [6, 6.07) is 3.16. The summed E-state index contributed by atoms with van der Waals surface area (Å²) >= 11 is 0. The molecule has 1 saturated heterocycles. The molecule has 1 aliphatic heterocycles. The summed E-state index contributed by atoms with van der Waals surface area (Å²) in [6.07, 6.45) is -2.00. The predicted octanol–water partition coefficient (Wildman–Crippen LogP) is 3.20. The van der Waals surface area contributed by atoms with Crippen molar-refractivity contribution in [3.63, 3.8) is 0 Å². The van der Waals surface area contributed by atoms with Gasteiger partial charge in [-0.25, -0.2) is 17.6 Å². The first kappa shape index (κ1) is 17.2. The van der Waals surface area contributed by atoms with Crippen LogP contribution in [0, 0.1) is 11.6 Å². The molecule has 1 aromatic rings. The Hall–Kier alpha value is -0.850. The van der Waals surface area contributed by atoms with E-state index in [1.807, 2.05) is 0 Å². The lowest BCUT2D eigenvalue weighted by molar-refractivity contribution is -0.0109. The molecule has 1 fully saturated rings. The lowest BCUT2D eigenvalue weighted by Gasteiger charge is -2.28. The van der Waals surface area contributed by atoms with Crippen molar-refractivity contribution < 1.29 is 22.3 Å². The number of hydrogen-bond donors (Lipinski definition) is 0. The number of likely N-dealkylation sites (tertiary alicyclic amines) is 1. The Morgan fingerprint density at radius 1 is 1.25 bits per heavy atom. The summed E-state index contributed by atoms with van der Waals surface area (Å²) in [4.78, 5) is 1.54. The summed E-state index contributed by atoms with van der Waals surface area (Å²) in [5, 5.41) is 0. The molecule has 2 rings (SSSR count). The number of methoxy groups -OCH3 is 1. The lowest BCUT2D eigenvalue weighted by atomic mass is 9.92. The Morgan fingerprint density at radius 2 is 1.85 bits per heavy atom. The van der Waals surface area contributed by atoms with Crippen LogP contribution in [0.15, 0.2) is 18.2 Å².